The maximum absolute atomic E-state index is 13.1. The lowest BCUT2D eigenvalue weighted by atomic mass is 9.52. The van der Waals surface area contributed by atoms with Gasteiger partial charge in [-0.25, -0.2) is 0 Å². The van der Waals surface area contributed by atoms with Gasteiger partial charge in [0, 0.05) is 16.9 Å². The molecule has 2 N–H and O–H groups in total. The van der Waals surface area contributed by atoms with Gasteiger partial charge in [0.05, 0.1) is 6.10 Å². The Bertz CT molecular complexity index is 630. The second kappa shape index (κ2) is 5.63. The zero-order valence-corrected chi connectivity index (χ0v) is 14.8. The van der Waals surface area contributed by atoms with E-state index in [4.69, 9.17) is 0 Å². The van der Waals surface area contributed by atoms with Gasteiger partial charge in [-0.05, 0) is 42.6 Å². The Balaban J connectivity index is 2.08. The molecule has 0 spiro atoms. The fraction of sp³-hybridized carbons (Fsp3) is 0.700. The number of rotatable bonds is 0. The number of aliphatic hydroxyl groups is 2. The first-order valence-electron chi connectivity index (χ1n) is 8.93. The molecule has 0 aromatic carbocycles. The van der Waals surface area contributed by atoms with Gasteiger partial charge in [0.1, 0.15) is 6.10 Å². The summed E-state index contributed by atoms with van der Waals surface area (Å²) in [4.78, 5) is 25.5. The van der Waals surface area contributed by atoms with E-state index in [-0.39, 0.29) is 35.2 Å². The Hall–Kier alpha value is -1.26. The van der Waals surface area contributed by atoms with Crippen LogP contribution >= 0.6 is 0 Å². The monoisotopic (exact) mass is 332 g/mol. The molecule has 3 aliphatic carbocycles. The number of fused-ring (bicyclic) bond motifs is 2. The van der Waals surface area contributed by atoms with Crippen LogP contribution in [0.5, 0.6) is 0 Å². The van der Waals surface area contributed by atoms with Crippen molar-refractivity contribution in [2.75, 3.05) is 0 Å². The van der Waals surface area contributed by atoms with Crippen molar-refractivity contribution < 1.29 is 19.8 Å². The van der Waals surface area contributed by atoms with Crippen LogP contribution in [0.4, 0.5) is 0 Å². The molecule has 0 aromatic heterocycles. The Kier molecular flexibility index (Phi) is 4.12. The molecule has 24 heavy (non-hydrogen) atoms. The summed E-state index contributed by atoms with van der Waals surface area (Å²) >= 11 is 0. The van der Waals surface area contributed by atoms with Crippen LogP contribution in [0.1, 0.15) is 52.9 Å². The maximum atomic E-state index is 13.1. The molecule has 2 bridgehead atoms. The van der Waals surface area contributed by atoms with Crippen molar-refractivity contribution in [1.82, 2.24) is 0 Å². The van der Waals surface area contributed by atoms with Crippen LogP contribution < -0.4 is 0 Å². The lowest BCUT2D eigenvalue weighted by Gasteiger charge is -2.51. The number of hydrogen-bond acceptors (Lipinski definition) is 4. The number of aliphatic hydroxyl groups excluding tert-OH is 2. The molecular formula is C20H28O4. The van der Waals surface area contributed by atoms with Crippen LogP contribution in [0.3, 0.4) is 0 Å². The molecule has 3 rings (SSSR count). The molecule has 5 atom stereocenters. The van der Waals surface area contributed by atoms with Crippen LogP contribution in [-0.2, 0) is 9.59 Å². The minimum Gasteiger partial charge on any atom is -0.388 e. The topological polar surface area (TPSA) is 74.6 Å². The molecule has 132 valence electrons. The first-order chi connectivity index (χ1) is 11.1. The minimum absolute atomic E-state index is 0.0741. The van der Waals surface area contributed by atoms with Crippen molar-refractivity contribution in [3.05, 3.63) is 23.8 Å². The average Bonchev–Trinajstić information content (AvgIpc) is 2.77. The highest BCUT2D eigenvalue weighted by Gasteiger charge is 2.53. The number of carbonyl (C=O) groups excluding carboxylic acids is 2. The number of allylic oxidation sites excluding steroid dienone is 2. The van der Waals surface area contributed by atoms with E-state index >= 15 is 0 Å². The number of Topliss-reactive ketones (excluding diaryl/α,β-unsaturated/α-hetero) is 2. The van der Waals surface area contributed by atoms with E-state index in [1.54, 1.807) is 6.08 Å². The standard InChI is InChI=1S/C20H28O4/c1-11-12-8-13(17(11)23)14(21)10-16-19(2,3)6-5-7-20(16,4)18(24)15(22)9-12/h8,12,14-16,21-22H,1,5-7,9-10H2,2-4H3/t12-,14-,15-,16+,20+/m1/s1. The molecule has 3 aliphatic rings. The fourth-order valence-corrected chi connectivity index (χ4v) is 5.29. The SMILES string of the molecule is C=C1C(=O)C2=C[C@@H]1C[C@@H](O)C(=O)[C@@]1(C)CCCC(C)(C)[C@@H]1C[C@H]2O. The highest BCUT2D eigenvalue weighted by atomic mass is 16.3. The lowest BCUT2D eigenvalue weighted by molar-refractivity contribution is -0.149. The largest absolute Gasteiger partial charge is 0.388 e. The number of hydrogen-bond donors (Lipinski definition) is 2. The Morgan fingerprint density at radius 1 is 1.08 bits per heavy atom. The van der Waals surface area contributed by atoms with E-state index in [0.29, 0.717) is 17.6 Å². The molecule has 0 aromatic rings. The molecule has 0 unspecified atom stereocenters. The van der Waals surface area contributed by atoms with Crippen LogP contribution in [0, 0.1) is 22.7 Å². The molecule has 0 aliphatic heterocycles. The van der Waals surface area contributed by atoms with Crippen molar-refractivity contribution in [3.63, 3.8) is 0 Å². The molecular weight excluding hydrogens is 304 g/mol. The summed E-state index contributed by atoms with van der Waals surface area (Å²) in [6.07, 6.45) is 2.95. The molecule has 4 nitrogen and oxygen atoms in total. The predicted octanol–water partition coefficient (Wildman–Crippen LogP) is 2.59. The molecule has 1 saturated carbocycles. The van der Waals surface area contributed by atoms with E-state index < -0.39 is 17.6 Å². The highest BCUT2D eigenvalue weighted by Crippen LogP contribution is 2.55. The zero-order chi connectivity index (χ0) is 17.9. The highest BCUT2D eigenvalue weighted by molar-refractivity contribution is 6.11. The lowest BCUT2D eigenvalue weighted by Crippen LogP contribution is -2.51. The molecule has 0 radical (unpaired) electrons. The molecule has 0 heterocycles. The minimum atomic E-state index is -1.09. The summed E-state index contributed by atoms with van der Waals surface area (Å²) in [6.45, 7) is 10.0. The second-order valence-corrected chi connectivity index (χ2v) is 8.76. The Labute approximate surface area is 143 Å². The van der Waals surface area contributed by atoms with Crippen LogP contribution in [0.25, 0.3) is 0 Å². The van der Waals surface area contributed by atoms with Crippen LogP contribution in [0.2, 0.25) is 0 Å². The first kappa shape index (κ1) is 17.6. The van der Waals surface area contributed by atoms with Gasteiger partial charge in [-0.2, -0.15) is 0 Å². The normalized spacial score (nSPS) is 42.5. The summed E-state index contributed by atoms with van der Waals surface area (Å²) in [5.74, 6) is -0.784. The van der Waals surface area contributed by atoms with Crippen molar-refractivity contribution in [1.29, 1.82) is 0 Å². The Morgan fingerprint density at radius 3 is 2.42 bits per heavy atom. The summed E-state index contributed by atoms with van der Waals surface area (Å²) in [6, 6.07) is 0. The van der Waals surface area contributed by atoms with Crippen molar-refractivity contribution in [2.24, 2.45) is 22.7 Å². The number of ketones is 2. The van der Waals surface area contributed by atoms with Gasteiger partial charge in [0.15, 0.2) is 11.6 Å². The summed E-state index contributed by atoms with van der Waals surface area (Å²) in [7, 11) is 0. The second-order valence-electron chi connectivity index (χ2n) is 8.76. The van der Waals surface area contributed by atoms with Crippen LogP contribution in [0.15, 0.2) is 23.8 Å². The third kappa shape index (κ3) is 2.51. The summed E-state index contributed by atoms with van der Waals surface area (Å²) < 4.78 is 0. The first-order valence-corrected chi connectivity index (χ1v) is 8.93. The zero-order valence-electron chi connectivity index (χ0n) is 14.8. The summed E-state index contributed by atoms with van der Waals surface area (Å²) in [5.41, 5.74) is -0.00846. The Morgan fingerprint density at radius 2 is 1.75 bits per heavy atom. The quantitative estimate of drug-likeness (QED) is 0.669. The van der Waals surface area contributed by atoms with Gasteiger partial charge in [0.2, 0.25) is 0 Å². The average molecular weight is 332 g/mol. The molecule has 0 amide bonds. The van der Waals surface area contributed by atoms with Gasteiger partial charge >= 0.3 is 0 Å². The number of carbonyl (C=O) groups is 2. The van der Waals surface area contributed by atoms with E-state index in [2.05, 4.69) is 20.4 Å². The van der Waals surface area contributed by atoms with E-state index in [9.17, 15) is 19.8 Å². The summed E-state index contributed by atoms with van der Waals surface area (Å²) in [5, 5.41) is 21.3. The van der Waals surface area contributed by atoms with Gasteiger partial charge in [-0.15, -0.1) is 0 Å². The molecule has 1 fully saturated rings. The van der Waals surface area contributed by atoms with Crippen molar-refractivity contribution in [3.8, 4) is 0 Å². The third-order valence-electron chi connectivity index (χ3n) is 6.77. The van der Waals surface area contributed by atoms with E-state index in [1.165, 1.54) is 0 Å². The van der Waals surface area contributed by atoms with Gasteiger partial charge in [0.25, 0.3) is 0 Å². The van der Waals surface area contributed by atoms with Crippen LogP contribution in [-0.4, -0.2) is 34.0 Å². The molecule has 4 heteroatoms. The smallest absolute Gasteiger partial charge is 0.187 e. The van der Waals surface area contributed by atoms with E-state index in [1.807, 2.05) is 6.92 Å². The molecule has 0 saturated heterocycles. The van der Waals surface area contributed by atoms with Crippen molar-refractivity contribution >= 4 is 11.6 Å². The van der Waals surface area contributed by atoms with E-state index in [0.717, 1.165) is 19.3 Å². The van der Waals surface area contributed by atoms with Gasteiger partial charge < -0.3 is 10.2 Å². The predicted molar refractivity (Wildman–Crippen MR) is 91.2 cm³/mol. The third-order valence-corrected chi connectivity index (χ3v) is 6.77. The fourth-order valence-electron chi connectivity index (χ4n) is 5.29. The van der Waals surface area contributed by atoms with Gasteiger partial charge in [-0.3, -0.25) is 9.59 Å². The maximum Gasteiger partial charge on any atom is 0.187 e. The van der Waals surface area contributed by atoms with Gasteiger partial charge in [-0.1, -0.05) is 39.8 Å². The van der Waals surface area contributed by atoms with Crippen molar-refractivity contribution in [2.45, 2.75) is 65.1 Å².